The Balaban J connectivity index is 1.85. The maximum absolute atomic E-state index is 13.6. The highest BCUT2D eigenvalue weighted by atomic mass is 32.2. The van der Waals surface area contributed by atoms with Crippen molar-refractivity contribution in [1.82, 2.24) is 9.97 Å². The fraction of sp³-hybridized carbons (Fsp3) is 0.412. The summed E-state index contributed by atoms with van der Waals surface area (Å²) in [6.45, 7) is 2.94. The van der Waals surface area contributed by atoms with Crippen molar-refractivity contribution < 1.29 is 17.5 Å². The smallest absolute Gasteiger partial charge is 0.238 e. The first kappa shape index (κ1) is 17.3. The van der Waals surface area contributed by atoms with Crippen LogP contribution in [0.3, 0.4) is 0 Å². The third-order valence-corrected chi connectivity index (χ3v) is 5.81. The van der Waals surface area contributed by atoms with Crippen LogP contribution >= 0.6 is 0 Å². The second-order valence-corrected chi connectivity index (χ2v) is 8.14. The number of ether oxygens (including phenoxy) is 1. The lowest BCUT2D eigenvalue weighted by Gasteiger charge is -2.42. The van der Waals surface area contributed by atoms with Gasteiger partial charge in [0, 0.05) is 11.1 Å². The van der Waals surface area contributed by atoms with E-state index in [1.807, 2.05) is 0 Å². The van der Waals surface area contributed by atoms with Crippen LogP contribution in [-0.4, -0.2) is 43.8 Å². The van der Waals surface area contributed by atoms with Crippen LogP contribution < -0.4 is 10.0 Å². The molecule has 26 heavy (non-hydrogen) atoms. The first-order valence-corrected chi connectivity index (χ1v) is 9.90. The molecular formula is C17H19FN4O3S. The van der Waals surface area contributed by atoms with Gasteiger partial charge in [0.05, 0.1) is 42.1 Å². The number of anilines is 1. The van der Waals surface area contributed by atoms with E-state index in [-0.39, 0.29) is 17.5 Å². The van der Waals surface area contributed by atoms with Crippen molar-refractivity contribution >= 4 is 16.0 Å². The quantitative estimate of drug-likeness (QED) is 0.867. The molecule has 0 bridgehead atoms. The second-order valence-electron chi connectivity index (χ2n) is 6.58. The van der Waals surface area contributed by atoms with Gasteiger partial charge in [0.25, 0.3) is 0 Å². The molecule has 1 aromatic carbocycles. The molecule has 0 aliphatic carbocycles. The van der Waals surface area contributed by atoms with Crippen molar-refractivity contribution in [1.29, 1.82) is 0 Å². The van der Waals surface area contributed by atoms with Gasteiger partial charge in [0.1, 0.15) is 6.17 Å². The number of aromatic nitrogens is 2. The van der Waals surface area contributed by atoms with Crippen LogP contribution in [-0.2, 0) is 27.8 Å². The fourth-order valence-corrected chi connectivity index (χ4v) is 3.82. The van der Waals surface area contributed by atoms with Crippen molar-refractivity contribution in [3.63, 3.8) is 0 Å². The number of benzene rings is 1. The Labute approximate surface area is 151 Å². The maximum Gasteiger partial charge on any atom is 0.238 e. The van der Waals surface area contributed by atoms with Gasteiger partial charge in [0.2, 0.25) is 16.0 Å². The third kappa shape index (κ3) is 2.95. The average molecular weight is 378 g/mol. The molecule has 138 valence electrons. The van der Waals surface area contributed by atoms with Gasteiger partial charge in [-0.05, 0) is 25.5 Å². The Kier molecular flexibility index (Phi) is 4.17. The zero-order chi connectivity index (χ0) is 18.5. The Morgan fingerprint density at radius 2 is 2.15 bits per heavy atom. The van der Waals surface area contributed by atoms with E-state index in [1.54, 1.807) is 24.0 Å². The van der Waals surface area contributed by atoms with Gasteiger partial charge >= 0.3 is 0 Å². The molecule has 2 atom stereocenters. The molecule has 2 N–H and O–H groups in total. The minimum absolute atomic E-state index is 0.0251. The molecule has 0 saturated carbocycles. The predicted octanol–water partition coefficient (Wildman–Crippen LogP) is 1.41. The van der Waals surface area contributed by atoms with Crippen LogP contribution in [0.15, 0.2) is 29.2 Å². The van der Waals surface area contributed by atoms with Crippen LogP contribution in [0.1, 0.15) is 18.2 Å². The monoisotopic (exact) mass is 378 g/mol. The number of hydrogen-bond acceptors (Lipinski definition) is 6. The molecule has 9 heteroatoms. The van der Waals surface area contributed by atoms with E-state index in [4.69, 9.17) is 9.88 Å². The molecule has 1 fully saturated rings. The Hall–Kier alpha value is -2.10. The number of rotatable bonds is 3. The van der Waals surface area contributed by atoms with Crippen molar-refractivity contribution in [3.8, 4) is 11.3 Å². The molecule has 3 heterocycles. The van der Waals surface area contributed by atoms with Gasteiger partial charge in [-0.3, -0.25) is 0 Å². The SMILES string of the molecule is C[C@H]1[C@H](F)CN1c1nc2c(c(-c3cccc(S(N)(=O)=O)c3)n1)CCOC2. The summed E-state index contributed by atoms with van der Waals surface area (Å²) in [6.07, 6.45) is -0.272. The summed E-state index contributed by atoms with van der Waals surface area (Å²) in [6, 6.07) is 6.08. The number of sulfonamides is 1. The van der Waals surface area contributed by atoms with Gasteiger partial charge in [-0.1, -0.05) is 12.1 Å². The highest BCUT2D eigenvalue weighted by Crippen LogP contribution is 2.33. The minimum atomic E-state index is -3.82. The molecular weight excluding hydrogens is 359 g/mol. The molecule has 2 aromatic rings. The largest absolute Gasteiger partial charge is 0.375 e. The summed E-state index contributed by atoms with van der Waals surface area (Å²) < 4.78 is 42.5. The number of nitrogens with zero attached hydrogens (tertiary/aromatic N) is 3. The lowest BCUT2D eigenvalue weighted by Crippen LogP contribution is -2.57. The van der Waals surface area contributed by atoms with Gasteiger partial charge < -0.3 is 9.64 Å². The Morgan fingerprint density at radius 1 is 1.35 bits per heavy atom. The second kappa shape index (κ2) is 6.26. The standard InChI is InChI=1S/C17H19FN4O3S/c1-10-14(18)8-22(10)17-20-15-9-25-6-5-13(15)16(21-17)11-3-2-4-12(7-11)26(19,23)24/h2-4,7,10,14H,5-6,8-9H2,1H3,(H2,19,23,24)/t10-,14+/m0/s1. The first-order chi connectivity index (χ1) is 12.3. The van der Waals surface area contributed by atoms with Gasteiger partial charge in [0.15, 0.2) is 0 Å². The van der Waals surface area contributed by atoms with Gasteiger partial charge in [-0.25, -0.2) is 27.9 Å². The number of alkyl halides is 1. The molecule has 1 saturated heterocycles. The van der Waals surface area contributed by atoms with Crippen molar-refractivity contribution in [2.24, 2.45) is 5.14 Å². The molecule has 2 aliphatic heterocycles. The van der Waals surface area contributed by atoms with Crippen molar-refractivity contribution in [3.05, 3.63) is 35.5 Å². The summed E-state index contributed by atoms with van der Waals surface area (Å²) in [4.78, 5) is 11.0. The molecule has 4 rings (SSSR count). The van der Waals surface area contributed by atoms with Crippen molar-refractivity contribution in [2.75, 3.05) is 18.1 Å². The molecule has 0 spiro atoms. The zero-order valence-electron chi connectivity index (χ0n) is 14.2. The van der Waals surface area contributed by atoms with Crippen LogP contribution in [0.2, 0.25) is 0 Å². The highest BCUT2D eigenvalue weighted by Gasteiger charge is 2.38. The lowest BCUT2D eigenvalue weighted by atomic mass is 10.00. The van der Waals surface area contributed by atoms with Crippen LogP contribution in [0.25, 0.3) is 11.3 Å². The first-order valence-electron chi connectivity index (χ1n) is 8.36. The average Bonchev–Trinajstić information content (AvgIpc) is 2.64. The van der Waals surface area contributed by atoms with E-state index >= 15 is 0 Å². The Morgan fingerprint density at radius 3 is 2.85 bits per heavy atom. The van der Waals surface area contributed by atoms with Gasteiger partial charge in [-0.2, -0.15) is 0 Å². The molecule has 7 nitrogen and oxygen atoms in total. The molecule has 0 radical (unpaired) electrons. The summed E-state index contributed by atoms with van der Waals surface area (Å²) in [5.74, 6) is 0.437. The molecule has 0 amide bonds. The van der Waals surface area contributed by atoms with E-state index in [1.165, 1.54) is 12.1 Å². The van der Waals surface area contributed by atoms with Crippen molar-refractivity contribution in [2.45, 2.75) is 37.1 Å². The van der Waals surface area contributed by atoms with Crippen LogP contribution in [0, 0.1) is 0 Å². The summed E-state index contributed by atoms with van der Waals surface area (Å²) >= 11 is 0. The van der Waals surface area contributed by atoms with E-state index < -0.39 is 16.2 Å². The summed E-state index contributed by atoms with van der Waals surface area (Å²) in [5.41, 5.74) is 2.97. The lowest BCUT2D eigenvalue weighted by molar-refractivity contribution is 0.107. The summed E-state index contributed by atoms with van der Waals surface area (Å²) in [5, 5.41) is 5.25. The van der Waals surface area contributed by atoms with E-state index in [0.717, 1.165) is 11.3 Å². The number of hydrogen-bond donors (Lipinski definition) is 1. The van der Waals surface area contributed by atoms with E-state index in [2.05, 4.69) is 9.97 Å². The van der Waals surface area contributed by atoms with E-state index in [0.29, 0.717) is 36.8 Å². The number of primary sulfonamides is 1. The van der Waals surface area contributed by atoms with Gasteiger partial charge in [-0.15, -0.1) is 0 Å². The fourth-order valence-electron chi connectivity index (χ4n) is 3.26. The normalized spacial score (nSPS) is 22.7. The maximum atomic E-state index is 13.6. The highest BCUT2D eigenvalue weighted by molar-refractivity contribution is 7.89. The number of fused-ring (bicyclic) bond motifs is 1. The molecule has 0 unspecified atom stereocenters. The molecule has 2 aliphatic rings. The molecule has 1 aromatic heterocycles. The Bertz CT molecular complexity index is 966. The predicted molar refractivity (Wildman–Crippen MR) is 93.9 cm³/mol. The van der Waals surface area contributed by atoms with Crippen LogP contribution in [0.4, 0.5) is 10.3 Å². The summed E-state index contributed by atoms with van der Waals surface area (Å²) in [7, 11) is -3.82. The number of halogens is 1. The minimum Gasteiger partial charge on any atom is -0.375 e. The zero-order valence-corrected chi connectivity index (χ0v) is 15.0. The van der Waals surface area contributed by atoms with E-state index in [9.17, 15) is 12.8 Å². The number of nitrogens with two attached hydrogens (primary N) is 1. The van der Waals surface area contributed by atoms with Crippen LogP contribution in [0.5, 0.6) is 0 Å². The third-order valence-electron chi connectivity index (χ3n) is 4.90. The topological polar surface area (TPSA) is 98.4 Å².